The lowest BCUT2D eigenvalue weighted by Gasteiger charge is -2.17. The normalized spacial score (nSPS) is 15.6. The van der Waals surface area contributed by atoms with Crippen molar-refractivity contribution in [3.8, 4) is 5.75 Å². The van der Waals surface area contributed by atoms with Crippen molar-refractivity contribution in [2.45, 2.75) is 25.5 Å². The van der Waals surface area contributed by atoms with Crippen molar-refractivity contribution in [2.24, 2.45) is 10.7 Å². The number of benzene rings is 2. The first kappa shape index (κ1) is 23.3. The van der Waals surface area contributed by atoms with Gasteiger partial charge in [-0.25, -0.2) is 4.39 Å². The van der Waals surface area contributed by atoms with Crippen molar-refractivity contribution in [3.63, 3.8) is 0 Å². The molecule has 1 atom stereocenters. The number of nitrogens with zero attached hydrogens (tertiary/aromatic N) is 2. The van der Waals surface area contributed by atoms with Gasteiger partial charge in [-0.2, -0.15) is 0 Å². The summed E-state index contributed by atoms with van der Waals surface area (Å²) in [6.45, 7) is 0.657. The van der Waals surface area contributed by atoms with Gasteiger partial charge in [0.2, 0.25) is 0 Å². The lowest BCUT2D eigenvalue weighted by Crippen LogP contribution is -2.22. The van der Waals surface area contributed by atoms with Gasteiger partial charge in [0.1, 0.15) is 11.6 Å². The third kappa shape index (κ3) is 6.33. The van der Waals surface area contributed by atoms with E-state index in [0.717, 1.165) is 46.6 Å². The van der Waals surface area contributed by atoms with Crippen LogP contribution in [0, 0.1) is 5.82 Å². The number of hydrogen-bond acceptors (Lipinski definition) is 5. The van der Waals surface area contributed by atoms with Gasteiger partial charge >= 0.3 is 0 Å². The van der Waals surface area contributed by atoms with E-state index in [0.29, 0.717) is 6.61 Å². The molecule has 2 aromatic carbocycles. The summed E-state index contributed by atoms with van der Waals surface area (Å²) in [7, 11) is 3.34. The number of aromatic nitrogens is 1. The topological polar surface area (TPSA) is 69.7 Å². The fourth-order valence-electron chi connectivity index (χ4n) is 3.41. The first-order chi connectivity index (χ1) is 15.6. The molecule has 3 aromatic rings. The van der Waals surface area contributed by atoms with Gasteiger partial charge < -0.3 is 15.2 Å². The standard InChI is InChI=1S/C17H16FN3.C9H12O2/c18-14-5-3-13(4-6-14)17-16(12-7-10-20-11-8-12)15(19)2-1-9-21-17;1-10-7-8-3-5-9(11-2)6-4-8/h3-11,15H,1-2,19H2;3-6H,7H2,1-2H3. The summed E-state index contributed by atoms with van der Waals surface area (Å²) >= 11 is 0. The van der Waals surface area contributed by atoms with Gasteiger partial charge in [-0.3, -0.25) is 9.98 Å². The van der Waals surface area contributed by atoms with E-state index in [1.54, 1.807) is 38.7 Å². The van der Waals surface area contributed by atoms with E-state index < -0.39 is 0 Å². The molecule has 32 heavy (non-hydrogen) atoms. The molecule has 2 heterocycles. The minimum atomic E-state index is -0.258. The first-order valence-corrected chi connectivity index (χ1v) is 10.4. The van der Waals surface area contributed by atoms with Crippen LogP contribution in [0.25, 0.3) is 11.3 Å². The number of halogens is 1. The van der Waals surface area contributed by atoms with Crippen molar-refractivity contribution in [1.29, 1.82) is 0 Å². The fourth-order valence-corrected chi connectivity index (χ4v) is 3.41. The predicted molar refractivity (Wildman–Crippen MR) is 127 cm³/mol. The summed E-state index contributed by atoms with van der Waals surface area (Å²) in [6.07, 6.45) is 7.04. The molecule has 2 N–H and O–H groups in total. The van der Waals surface area contributed by atoms with Gasteiger partial charge in [0, 0.05) is 42.9 Å². The predicted octanol–water partition coefficient (Wildman–Crippen LogP) is 5.12. The average Bonchev–Trinajstić information content (AvgIpc) is 3.03. The van der Waals surface area contributed by atoms with Gasteiger partial charge in [-0.15, -0.1) is 0 Å². The smallest absolute Gasteiger partial charge is 0.123 e. The first-order valence-electron chi connectivity index (χ1n) is 10.4. The zero-order valence-corrected chi connectivity index (χ0v) is 18.4. The number of pyridine rings is 1. The monoisotopic (exact) mass is 433 g/mol. The molecule has 0 bridgehead atoms. The highest BCUT2D eigenvalue weighted by Gasteiger charge is 2.19. The maximum Gasteiger partial charge on any atom is 0.123 e. The maximum atomic E-state index is 13.1. The molecule has 1 aliphatic rings. The van der Waals surface area contributed by atoms with Crippen LogP contribution in [0.1, 0.15) is 29.5 Å². The molecule has 0 saturated heterocycles. The minimum Gasteiger partial charge on any atom is -0.497 e. The zero-order chi connectivity index (χ0) is 22.8. The van der Waals surface area contributed by atoms with E-state index in [2.05, 4.69) is 9.98 Å². The van der Waals surface area contributed by atoms with Crippen LogP contribution in [-0.4, -0.2) is 31.5 Å². The largest absolute Gasteiger partial charge is 0.497 e. The molecule has 1 aliphatic heterocycles. The minimum absolute atomic E-state index is 0.102. The zero-order valence-electron chi connectivity index (χ0n) is 18.4. The van der Waals surface area contributed by atoms with Gasteiger partial charge in [-0.1, -0.05) is 12.1 Å². The summed E-state index contributed by atoms with van der Waals surface area (Å²) in [5, 5.41) is 0. The highest BCUT2D eigenvalue weighted by atomic mass is 19.1. The Morgan fingerprint density at radius 3 is 2.25 bits per heavy atom. The fraction of sp³-hybridized carbons (Fsp3) is 0.231. The Morgan fingerprint density at radius 2 is 1.62 bits per heavy atom. The van der Waals surface area contributed by atoms with Crippen LogP contribution in [0.5, 0.6) is 5.75 Å². The maximum absolute atomic E-state index is 13.1. The molecule has 6 heteroatoms. The molecule has 0 spiro atoms. The third-order valence-corrected chi connectivity index (χ3v) is 5.03. The molecule has 0 fully saturated rings. The molecule has 1 unspecified atom stereocenters. The van der Waals surface area contributed by atoms with Crippen LogP contribution >= 0.6 is 0 Å². The molecule has 0 radical (unpaired) electrons. The van der Waals surface area contributed by atoms with Crippen LogP contribution in [0.2, 0.25) is 0 Å². The molecular formula is C26H28FN3O2. The van der Waals surface area contributed by atoms with Crippen molar-refractivity contribution in [1.82, 2.24) is 4.98 Å². The summed E-state index contributed by atoms with van der Waals surface area (Å²) in [4.78, 5) is 8.61. The Morgan fingerprint density at radius 1 is 0.938 bits per heavy atom. The summed E-state index contributed by atoms with van der Waals surface area (Å²) < 4.78 is 23.1. The molecular weight excluding hydrogens is 405 g/mol. The molecule has 0 saturated carbocycles. The van der Waals surface area contributed by atoms with E-state index in [1.165, 1.54) is 12.1 Å². The molecule has 4 rings (SSSR count). The summed E-state index contributed by atoms with van der Waals surface area (Å²) in [5.74, 6) is 0.622. The van der Waals surface area contributed by atoms with E-state index in [1.807, 2.05) is 42.6 Å². The second kappa shape index (κ2) is 11.9. The van der Waals surface area contributed by atoms with E-state index >= 15 is 0 Å². The second-order valence-corrected chi connectivity index (χ2v) is 7.28. The Bertz CT molecular complexity index is 1030. The SMILES string of the molecule is COCc1ccc(OC)cc1.NC1CCC=NC(c2ccc(F)cc2)=C1c1ccncc1. The number of ether oxygens (including phenoxy) is 2. The average molecular weight is 434 g/mol. The lowest BCUT2D eigenvalue weighted by molar-refractivity contribution is 0.185. The third-order valence-electron chi connectivity index (χ3n) is 5.03. The van der Waals surface area contributed by atoms with Crippen LogP contribution in [0.4, 0.5) is 4.39 Å². The Balaban J connectivity index is 0.000000222. The molecule has 1 aromatic heterocycles. The molecule has 0 amide bonds. The van der Waals surface area contributed by atoms with Crippen LogP contribution in [0.15, 0.2) is 78.0 Å². The number of methoxy groups -OCH3 is 2. The highest BCUT2D eigenvalue weighted by molar-refractivity contribution is 5.95. The Hall–Kier alpha value is -3.35. The van der Waals surface area contributed by atoms with Gasteiger partial charge in [0.05, 0.1) is 19.4 Å². The van der Waals surface area contributed by atoms with E-state index in [-0.39, 0.29) is 11.9 Å². The Kier molecular flexibility index (Phi) is 8.66. The number of hydrogen-bond donors (Lipinski definition) is 1. The second-order valence-electron chi connectivity index (χ2n) is 7.28. The summed E-state index contributed by atoms with van der Waals surface area (Å²) in [6, 6.07) is 17.9. The van der Waals surface area contributed by atoms with Crippen LogP contribution in [-0.2, 0) is 11.3 Å². The molecule has 5 nitrogen and oxygen atoms in total. The van der Waals surface area contributed by atoms with Crippen LogP contribution < -0.4 is 10.5 Å². The highest BCUT2D eigenvalue weighted by Crippen LogP contribution is 2.32. The molecule has 166 valence electrons. The lowest BCUT2D eigenvalue weighted by atomic mass is 9.93. The summed E-state index contributed by atoms with van der Waals surface area (Å²) in [5.41, 5.74) is 11.2. The van der Waals surface area contributed by atoms with Crippen molar-refractivity contribution in [3.05, 3.63) is 95.6 Å². The van der Waals surface area contributed by atoms with Gasteiger partial charge in [0.15, 0.2) is 0 Å². The van der Waals surface area contributed by atoms with Crippen molar-refractivity contribution >= 4 is 17.5 Å². The van der Waals surface area contributed by atoms with Crippen molar-refractivity contribution in [2.75, 3.05) is 14.2 Å². The quantitative estimate of drug-likeness (QED) is 0.606. The number of nitrogens with two attached hydrogens (primary N) is 1. The Labute approximate surface area is 188 Å². The van der Waals surface area contributed by atoms with Gasteiger partial charge in [-0.05, 0) is 72.5 Å². The van der Waals surface area contributed by atoms with Crippen molar-refractivity contribution < 1.29 is 13.9 Å². The van der Waals surface area contributed by atoms with E-state index in [9.17, 15) is 4.39 Å². The van der Waals surface area contributed by atoms with Gasteiger partial charge in [0.25, 0.3) is 0 Å². The molecule has 0 aliphatic carbocycles. The number of rotatable bonds is 5. The van der Waals surface area contributed by atoms with Crippen LogP contribution in [0.3, 0.4) is 0 Å². The van der Waals surface area contributed by atoms with E-state index in [4.69, 9.17) is 15.2 Å². The number of aliphatic imine (C=N–C) groups is 1.